The molecular weight excluding hydrogens is 299 g/mol. The fourth-order valence-corrected chi connectivity index (χ4v) is 2.42. The highest BCUT2D eigenvalue weighted by Gasteiger charge is 2.31. The summed E-state index contributed by atoms with van der Waals surface area (Å²) < 4.78 is 18.3. The van der Waals surface area contributed by atoms with Gasteiger partial charge in [-0.2, -0.15) is 0 Å². The molecule has 1 atom stereocenters. The first kappa shape index (κ1) is 15.7. The first-order chi connectivity index (χ1) is 11.0. The van der Waals surface area contributed by atoms with Crippen molar-refractivity contribution in [3.8, 4) is 11.5 Å². The van der Waals surface area contributed by atoms with E-state index in [1.54, 1.807) is 19.2 Å². The highest BCUT2D eigenvalue weighted by atomic mass is 19.1. The van der Waals surface area contributed by atoms with Gasteiger partial charge in [0.05, 0.1) is 18.2 Å². The van der Waals surface area contributed by atoms with E-state index in [4.69, 9.17) is 4.42 Å². The maximum absolute atomic E-state index is 12.9. The van der Waals surface area contributed by atoms with Crippen molar-refractivity contribution in [2.75, 3.05) is 13.6 Å². The molecular formula is C17H19FN2O3. The fourth-order valence-electron chi connectivity index (χ4n) is 2.42. The van der Waals surface area contributed by atoms with E-state index >= 15 is 0 Å². The summed E-state index contributed by atoms with van der Waals surface area (Å²) in [5.74, 6) is 0.242. The molecule has 2 aromatic rings. The Kier molecular flexibility index (Phi) is 4.43. The number of aliphatic hydroxyl groups is 1. The van der Waals surface area contributed by atoms with Crippen LogP contribution in [0.25, 0.3) is 11.5 Å². The van der Waals surface area contributed by atoms with E-state index in [0.717, 1.165) is 12.8 Å². The van der Waals surface area contributed by atoms with Crippen molar-refractivity contribution in [2.24, 2.45) is 5.92 Å². The van der Waals surface area contributed by atoms with Gasteiger partial charge in [-0.1, -0.05) is 0 Å². The Morgan fingerprint density at radius 3 is 2.78 bits per heavy atom. The molecule has 1 aliphatic rings. The summed E-state index contributed by atoms with van der Waals surface area (Å²) in [6, 6.07) is 5.81. The van der Waals surface area contributed by atoms with Crippen molar-refractivity contribution in [1.29, 1.82) is 0 Å². The number of hydrogen-bond donors (Lipinski definition) is 1. The van der Waals surface area contributed by atoms with Crippen LogP contribution in [0.4, 0.5) is 4.39 Å². The molecule has 1 aromatic heterocycles. The Morgan fingerprint density at radius 2 is 2.13 bits per heavy atom. The molecule has 0 aliphatic heterocycles. The SMILES string of the molecule is CN(CC(O)C1CC1)C(=O)Cc1coc(-c2ccc(F)cc2)n1. The van der Waals surface area contributed by atoms with Crippen molar-refractivity contribution >= 4 is 5.91 Å². The molecule has 0 saturated heterocycles. The number of aromatic nitrogens is 1. The lowest BCUT2D eigenvalue weighted by atomic mass is 10.2. The minimum absolute atomic E-state index is 0.110. The van der Waals surface area contributed by atoms with E-state index in [1.807, 2.05) is 0 Å². The van der Waals surface area contributed by atoms with Crippen LogP contribution >= 0.6 is 0 Å². The number of benzene rings is 1. The molecule has 23 heavy (non-hydrogen) atoms. The van der Waals surface area contributed by atoms with Gasteiger partial charge < -0.3 is 14.4 Å². The Morgan fingerprint density at radius 1 is 1.43 bits per heavy atom. The van der Waals surface area contributed by atoms with Crippen molar-refractivity contribution in [2.45, 2.75) is 25.4 Å². The van der Waals surface area contributed by atoms with Crippen LogP contribution in [-0.4, -0.2) is 40.6 Å². The monoisotopic (exact) mass is 318 g/mol. The third-order valence-corrected chi connectivity index (χ3v) is 4.03. The predicted octanol–water partition coefficient (Wildman–Crippen LogP) is 2.25. The van der Waals surface area contributed by atoms with Gasteiger partial charge in [-0.15, -0.1) is 0 Å². The van der Waals surface area contributed by atoms with E-state index in [0.29, 0.717) is 29.6 Å². The Bertz CT molecular complexity index is 679. The average molecular weight is 318 g/mol. The summed E-state index contributed by atoms with van der Waals surface area (Å²) in [6.45, 7) is 0.339. The molecule has 122 valence electrons. The predicted molar refractivity (Wildman–Crippen MR) is 82.0 cm³/mol. The van der Waals surface area contributed by atoms with Crippen LogP contribution in [0, 0.1) is 11.7 Å². The van der Waals surface area contributed by atoms with Gasteiger partial charge in [-0.3, -0.25) is 4.79 Å². The molecule has 1 N–H and O–H groups in total. The molecule has 0 spiro atoms. The second kappa shape index (κ2) is 6.50. The molecule has 1 aliphatic carbocycles. The number of rotatable bonds is 6. The van der Waals surface area contributed by atoms with Crippen LogP contribution in [0.1, 0.15) is 18.5 Å². The van der Waals surface area contributed by atoms with Crippen LogP contribution in [0.5, 0.6) is 0 Å². The van der Waals surface area contributed by atoms with E-state index in [1.165, 1.54) is 23.3 Å². The van der Waals surface area contributed by atoms with Gasteiger partial charge in [0.2, 0.25) is 11.8 Å². The minimum atomic E-state index is -0.448. The van der Waals surface area contributed by atoms with Gasteiger partial charge in [0, 0.05) is 19.2 Å². The second-order valence-electron chi connectivity index (χ2n) is 6.01. The average Bonchev–Trinajstić information content (AvgIpc) is 3.28. The lowest BCUT2D eigenvalue weighted by Gasteiger charge is -2.20. The number of hydrogen-bond acceptors (Lipinski definition) is 4. The Labute approximate surface area is 133 Å². The third-order valence-electron chi connectivity index (χ3n) is 4.03. The highest BCUT2D eigenvalue weighted by Crippen LogP contribution is 2.32. The molecule has 5 nitrogen and oxygen atoms in total. The summed E-state index contributed by atoms with van der Waals surface area (Å²) in [4.78, 5) is 17.9. The van der Waals surface area contributed by atoms with Crippen molar-refractivity contribution < 1.29 is 18.7 Å². The third kappa shape index (κ3) is 3.96. The van der Waals surface area contributed by atoms with Crippen LogP contribution < -0.4 is 0 Å². The molecule has 1 aromatic carbocycles. The number of aliphatic hydroxyl groups excluding tert-OH is 1. The van der Waals surface area contributed by atoms with Crippen LogP contribution in [-0.2, 0) is 11.2 Å². The zero-order chi connectivity index (χ0) is 16.4. The number of nitrogens with zero attached hydrogens (tertiary/aromatic N) is 2. The highest BCUT2D eigenvalue weighted by molar-refractivity contribution is 5.78. The zero-order valence-corrected chi connectivity index (χ0v) is 12.9. The summed E-state index contributed by atoms with van der Waals surface area (Å²) >= 11 is 0. The van der Waals surface area contributed by atoms with E-state index in [-0.39, 0.29) is 18.1 Å². The molecule has 1 fully saturated rings. The van der Waals surface area contributed by atoms with Crippen molar-refractivity contribution in [3.63, 3.8) is 0 Å². The zero-order valence-electron chi connectivity index (χ0n) is 12.9. The fraction of sp³-hybridized carbons (Fsp3) is 0.412. The summed E-state index contributed by atoms with van der Waals surface area (Å²) in [6.07, 6.45) is 3.16. The van der Waals surface area contributed by atoms with Crippen LogP contribution in [0.2, 0.25) is 0 Å². The van der Waals surface area contributed by atoms with Crippen molar-refractivity contribution in [3.05, 3.63) is 42.0 Å². The van der Waals surface area contributed by atoms with Crippen LogP contribution in [0.15, 0.2) is 34.9 Å². The van der Waals surface area contributed by atoms with Gasteiger partial charge in [0.15, 0.2) is 0 Å². The maximum Gasteiger partial charge on any atom is 0.228 e. The van der Waals surface area contributed by atoms with Gasteiger partial charge in [0.1, 0.15) is 12.1 Å². The standard InChI is InChI=1S/C17H19FN2O3/c1-20(9-15(21)11-2-3-11)16(22)8-14-10-23-17(19-14)12-4-6-13(18)7-5-12/h4-7,10-11,15,21H,2-3,8-9H2,1H3. The smallest absolute Gasteiger partial charge is 0.228 e. The lowest BCUT2D eigenvalue weighted by Crippen LogP contribution is -2.36. The van der Waals surface area contributed by atoms with Gasteiger partial charge in [-0.25, -0.2) is 9.37 Å². The molecule has 0 radical (unpaired) electrons. The van der Waals surface area contributed by atoms with Gasteiger partial charge >= 0.3 is 0 Å². The first-order valence-electron chi connectivity index (χ1n) is 7.65. The lowest BCUT2D eigenvalue weighted by molar-refractivity contribution is -0.130. The molecule has 0 bridgehead atoms. The number of halogens is 1. The largest absolute Gasteiger partial charge is 0.444 e. The number of carbonyl (C=O) groups is 1. The summed E-state index contributed by atoms with van der Waals surface area (Å²) in [5, 5.41) is 9.89. The number of oxazole rings is 1. The van der Waals surface area contributed by atoms with Crippen LogP contribution in [0.3, 0.4) is 0 Å². The summed E-state index contributed by atoms with van der Waals surface area (Å²) in [7, 11) is 1.68. The molecule has 6 heteroatoms. The molecule has 1 unspecified atom stereocenters. The molecule has 1 heterocycles. The molecule has 1 saturated carbocycles. The normalized spacial score (nSPS) is 15.4. The number of carbonyl (C=O) groups excluding carboxylic acids is 1. The number of amides is 1. The van der Waals surface area contributed by atoms with Gasteiger partial charge in [-0.05, 0) is 43.0 Å². The minimum Gasteiger partial charge on any atom is -0.444 e. The maximum atomic E-state index is 12.9. The summed E-state index contributed by atoms with van der Waals surface area (Å²) in [5.41, 5.74) is 1.17. The second-order valence-corrected chi connectivity index (χ2v) is 6.01. The van der Waals surface area contributed by atoms with E-state index in [2.05, 4.69) is 4.98 Å². The molecule has 1 amide bonds. The molecule has 3 rings (SSSR count). The van der Waals surface area contributed by atoms with Crippen molar-refractivity contribution in [1.82, 2.24) is 9.88 Å². The van der Waals surface area contributed by atoms with Gasteiger partial charge in [0.25, 0.3) is 0 Å². The quantitative estimate of drug-likeness (QED) is 0.887. The Hall–Kier alpha value is -2.21. The number of likely N-dealkylation sites (N-methyl/N-ethyl adjacent to an activating group) is 1. The van der Waals surface area contributed by atoms with E-state index in [9.17, 15) is 14.3 Å². The van der Waals surface area contributed by atoms with E-state index < -0.39 is 6.10 Å². The topological polar surface area (TPSA) is 66.6 Å². The first-order valence-corrected chi connectivity index (χ1v) is 7.65. The Balaban J connectivity index is 1.59.